The maximum Gasteiger partial charge on any atom is 0.208 e. The first-order valence-electron chi connectivity index (χ1n) is 11.0. The number of sulfonamides is 1. The second kappa shape index (κ2) is 9.02. The summed E-state index contributed by atoms with van der Waals surface area (Å²) in [6.45, 7) is 7.78. The van der Waals surface area contributed by atoms with Crippen LogP contribution in [0.1, 0.15) is 31.2 Å². The fraction of sp³-hybridized carbons (Fsp3) is 0.727. The highest BCUT2D eigenvalue weighted by Crippen LogP contribution is 2.40. The van der Waals surface area contributed by atoms with Crippen molar-refractivity contribution in [1.29, 1.82) is 0 Å². The van der Waals surface area contributed by atoms with Crippen molar-refractivity contribution in [3.05, 3.63) is 35.9 Å². The summed E-state index contributed by atoms with van der Waals surface area (Å²) in [7, 11) is -3.21. The molecule has 162 valence electrons. The lowest BCUT2D eigenvalue weighted by Crippen LogP contribution is -2.59. The topological polar surface area (TPSA) is 61.9 Å². The van der Waals surface area contributed by atoms with Crippen LogP contribution in [0.4, 0.5) is 0 Å². The van der Waals surface area contributed by atoms with Crippen LogP contribution in [0.3, 0.4) is 0 Å². The molecule has 0 aliphatic carbocycles. The van der Waals surface area contributed by atoms with Crippen LogP contribution < -0.4 is 4.72 Å². The Morgan fingerprint density at radius 2 is 1.79 bits per heavy atom. The molecule has 0 unspecified atom stereocenters. The van der Waals surface area contributed by atoms with Crippen molar-refractivity contribution < 1.29 is 13.2 Å². The van der Waals surface area contributed by atoms with E-state index in [0.717, 1.165) is 78.2 Å². The molecular weight excluding hydrogens is 386 g/mol. The average molecular weight is 422 g/mol. The normalized spacial score (nSPS) is 30.2. The van der Waals surface area contributed by atoms with Crippen LogP contribution >= 0.6 is 0 Å². The average Bonchev–Trinajstić information content (AvgIpc) is 3.08. The van der Waals surface area contributed by atoms with E-state index < -0.39 is 10.0 Å². The summed E-state index contributed by atoms with van der Waals surface area (Å²) in [6.07, 6.45) is 5.54. The Morgan fingerprint density at radius 3 is 2.52 bits per heavy atom. The van der Waals surface area contributed by atoms with Crippen molar-refractivity contribution in [2.75, 3.05) is 52.2 Å². The number of nitrogens with zero attached hydrogens (tertiary/aromatic N) is 2. The van der Waals surface area contributed by atoms with E-state index in [4.69, 9.17) is 4.74 Å². The van der Waals surface area contributed by atoms with Gasteiger partial charge in [-0.05, 0) is 50.3 Å². The molecule has 1 N–H and O–H groups in total. The minimum atomic E-state index is -3.21. The van der Waals surface area contributed by atoms with Crippen molar-refractivity contribution >= 4 is 10.0 Å². The predicted molar refractivity (Wildman–Crippen MR) is 115 cm³/mol. The maximum atomic E-state index is 12.1. The number of nitrogens with one attached hydrogen (secondary N) is 1. The Kier molecular flexibility index (Phi) is 6.61. The third-order valence-corrected chi connectivity index (χ3v) is 7.65. The first-order chi connectivity index (χ1) is 13.9. The fourth-order valence-corrected chi connectivity index (χ4v) is 6.40. The second-order valence-electron chi connectivity index (χ2n) is 9.33. The molecule has 0 saturated carbocycles. The van der Waals surface area contributed by atoms with Gasteiger partial charge in [0.2, 0.25) is 10.0 Å². The molecule has 3 fully saturated rings. The van der Waals surface area contributed by atoms with Gasteiger partial charge in [0.05, 0.1) is 6.26 Å². The van der Waals surface area contributed by atoms with Gasteiger partial charge in [0, 0.05) is 50.8 Å². The van der Waals surface area contributed by atoms with Crippen LogP contribution in [-0.2, 0) is 21.3 Å². The molecule has 4 rings (SSSR count). The van der Waals surface area contributed by atoms with Crippen LogP contribution in [0.2, 0.25) is 0 Å². The summed E-state index contributed by atoms with van der Waals surface area (Å²) in [5.74, 6) is 0.710. The lowest BCUT2D eigenvalue weighted by atomic mass is 9.75. The third-order valence-electron chi connectivity index (χ3n) is 6.94. The molecule has 0 amide bonds. The van der Waals surface area contributed by atoms with E-state index in [1.807, 2.05) is 0 Å². The second-order valence-corrected chi connectivity index (χ2v) is 11.1. The van der Waals surface area contributed by atoms with Gasteiger partial charge in [-0.1, -0.05) is 30.3 Å². The molecule has 3 aliphatic rings. The SMILES string of the molecule is CS(=O)(=O)N[C@@H]1CCN(CC2CCOCC2)C[C@@]12CCN(Cc1ccccc1)C2. The van der Waals surface area contributed by atoms with E-state index >= 15 is 0 Å². The first kappa shape index (κ1) is 21.2. The van der Waals surface area contributed by atoms with Gasteiger partial charge in [-0.15, -0.1) is 0 Å². The van der Waals surface area contributed by atoms with E-state index in [9.17, 15) is 8.42 Å². The number of likely N-dealkylation sites (tertiary alicyclic amines) is 2. The van der Waals surface area contributed by atoms with Crippen molar-refractivity contribution in [3.63, 3.8) is 0 Å². The van der Waals surface area contributed by atoms with Gasteiger partial charge in [-0.3, -0.25) is 4.90 Å². The van der Waals surface area contributed by atoms with Crippen molar-refractivity contribution in [2.24, 2.45) is 11.3 Å². The minimum Gasteiger partial charge on any atom is -0.381 e. The molecule has 1 spiro atoms. The van der Waals surface area contributed by atoms with Gasteiger partial charge in [0.15, 0.2) is 0 Å². The highest BCUT2D eigenvalue weighted by molar-refractivity contribution is 7.88. The lowest BCUT2D eigenvalue weighted by molar-refractivity contribution is 0.0215. The van der Waals surface area contributed by atoms with Crippen molar-refractivity contribution in [1.82, 2.24) is 14.5 Å². The summed E-state index contributed by atoms with van der Waals surface area (Å²) in [5.41, 5.74) is 1.33. The summed E-state index contributed by atoms with van der Waals surface area (Å²) in [6, 6.07) is 10.6. The zero-order valence-electron chi connectivity index (χ0n) is 17.6. The number of piperidine rings is 1. The predicted octanol–water partition coefficient (Wildman–Crippen LogP) is 1.93. The van der Waals surface area contributed by atoms with E-state index in [2.05, 4.69) is 44.9 Å². The van der Waals surface area contributed by atoms with Gasteiger partial charge >= 0.3 is 0 Å². The van der Waals surface area contributed by atoms with Crippen molar-refractivity contribution in [2.45, 2.75) is 38.3 Å². The zero-order valence-corrected chi connectivity index (χ0v) is 18.4. The highest BCUT2D eigenvalue weighted by Gasteiger charge is 2.48. The standard InChI is InChI=1S/C22H35N3O3S/c1-29(26,27)23-21-7-11-24(16-20-8-13-28-14-9-20)17-22(21)10-12-25(18-22)15-19-5-3-2-4-6-19/h2-6,20-21,23H,7-18H2,1H3/t21-,22-/m1/s1. The molecule has 3 aliphatic heterocycles. The molecule has 1 aromatic rings. The van der Waals surface area contributed by atoms with Gasteiger partial charge in [-0.25, -0.2) is 13.1 Å². The van der Waals surface area contributed by atoms with Crippen LogP contribution in [0.5, 0.6) is 0 Å². The van der Waals surface area contributed by atoms with E-state index in [-0.39, 0.29) is 11.5 Å². The van der Waals surface area contributed by atoms with Gasteiger partial charge < -0.3 is 9.64 Å². The van der Waals surface area contributed by atoms with Gasteiger partial charge in [-0.2, -0.15) is 0 Å². The number of benzene rings is 1. The molecule has 6 nitrogen and oxygen atoms in total. The first-order valence-corrected chi connectivity index (χ1v) is 12.8. The third kappa shape index (κ3) is 5.58. The van der Waals surface area contributed by atoms with E-state index in [1.54, 1.807) is 0 Å². The fourth-order valence-electron chi connectivity index (χ4n) is 5.52. The molecule has 0 aromatic heterocycles. The Labute approximate surface area is 175 Å². The maximum absolute atomic E-state index is 12.1. The quantitative estimate of drug-likeness (QED) is 0.761. The molecule has 1 aromatic carbocycles. The number of hydrogen-bond acceptors (Lipinski definition) is 5. The van der Waals surface area contributed by atoms with E-state index in [1.165, 1.54) is 11.8 Å². The van der Waals surface area contributed by atoms with Crippen LogP contribution in [-0.4, -0.2) is 76.5 Å². The number of rotatable bonds is 6. The minimum absolute atomic E-state index is 0.00127. The molecule has 7 heteroatoms. The molecule has 2 atom stereocenters. The Hall–Kier alpha value is -0.990. The molecule has 3 heterocycles. The number of ether oxygens (including phenoxy) is 1. The largest absolute Gasteiger partial charge is 0.381 e. The summed E-state index contributed by atoms with van der Waals surface area (Å²) >= 11 is 0. The van der Waals surface area contributed by atoms with E-state index in [0.29, 0.717) is 5.92 Å². The highest BCUT2D eigenvalue weighted by atomic mass is 32.2. The van der Waals surface area contributed by atoms with Gasteiger partial charge in [0.1, 0.15) is 0 Å². The van der Waals surface area contributed by atoms with Gasteiger partial charge in [0.25, 0.3) is 0 Å². The van der Waals surface area contributed by atoms with Crippen LogP contribution in [0, 0.1) is 11.3 Å². The Bertz CT molecular complexity index is 767. The zero-order chi connectivity index (χ0) is 20.3. The smallest absolute Gasteiger partial charge is 0.208 e. The monoisotopic (exact) mass is 421 g/mol. The van der Waals surface area contributed by atoms with Crippen LogP contribution in [0.15, 0.2) is 30.3 Å². The summed E-state index contributed by atoms with van der Waals surface area (Å²) in [5, 5.41) is 0. The molecule has 29 heavy (non-hydrogen) atoms. The Balaban J connectivity index is 1.45. The molecular formula is C22H35N3O3S. The van der Waals surface area contributed by atoms with Crippen LogP contribution in [0.25, 0.3) is 0 Å². The number of hydrogen-bond donors (Lipinski definition) is 1. The molecule has 0 radical (unpaired) electrons. The molecule has 3 saturated heterocycles. The van der Waals surface area contributed by atoms with Crippen molar-refractivity contribution in [3.8, 4) is 0 Å². The summed E-state index contributed by atoms with van der Waals surface area (Å²) < 4.78 is 32.6. The molecule has 0 bridgehead atoms. The lowest BCUT2D eigenvalue weighted by Gasteiger charge is -2.47. The summed E-state index contributed by atoms with van der Waals surface area (Å²) in [4.78, 5) is 5.10. The Morgan fingerprint density at radius 1 is 1.07 bits per heavy atom.